The van der Waals surface area contributed by atoms with Crippen molar-refractivity contribution in [3.8, 4) is 0 Å². The van der Waals surface area contributed by atoms with Crippen LogP contribution in [-0.2, 0) is 18.3 Å². The van der Waals surface area contributed by atoms with Crippen LogP contribution in [0.4, 0.5) is 0 Å². The van der Waals surface area contributed by atoms with E-state index in [0.29, 0.717) is 24.2 Å². The van der Waals surface area contributed by atoms with E-state index >= 15 is 0 Å². The standard InChI is InChI=1S/C20H28N2O/c1-15(2)22-10-6-7-16(13-22)11-18(23)12-17-14-21(3)20-9-5-4-8-19(17)20/h4-5,8-9,14-16H,6-7,10-13H2,1-3H3/t16-/m0/s1. The number of hydrogen-bond acceptors (Lipinski definition) is 2. The SMILES string of the molecule is CC(C)N1CCC[C@@H](CC(=O)Cc2cn(C)c3ccccc23)C1. The molecule has 1 fully saturated rings. The fraction of sp³-hybridized carbons (Fsp3) is 0.550. The summed E-state index contributed by atoms with van der Waals surface area (Å²) >= 11 is 0. The fourth-order valence-corrected chi connectivity index (χ4v) is 3.91. The molecule has 0 saturated carbocycles. The lowest BCUT2D eigenvalue weighted by Gasteiger charge is -2.35. The summed E-state index contributed by atoms with van der Waals surface area (Å²) in [6, 6.07) is 8.93. The van der Waals surface area contributed by atoms with Crippen LogP contribution >= 0.6 is 0 Å². The zero-order valence-corrected chi connectivity index (χ0v) is 14.6. The molecule has 0 amide bonds. The summed E-state index contributed by atoms with van der Waals surface area (Å²) in [5, 5.41) is 1.22. The zero-order chi connectivity index (χ0) is 16.4. The number of carbonyl (C=O) groups excluding carboxylic acids is 1. The lowest BCUT2D eigenvalue weighted by Crippen LogP contribution is -2.40. The molecule has 0 radical (unpaired) electrons. The number of likely N-dealkylation sites (tertiary alicyclic amines) is 1. The van der Waals surface area contributed by atoms with Crippen LogP contribution in [0, 0.1) is 5.92 Å². The minimum absolute atomic E-state index is 0.386. The van der Waals surface area contributed by atoms with Crippen LogP contribution in [0.1, 0.15) is 38.7 Å². The second-order valence-corrected chi connectivity index (χ2v) is 7.30. The molecule has 1 aliphatic rings. The molecule has 2 aromatic rings. The van der Waals surface area contributed by atoms with Gasteiger partial charge in [0.25, 0.3) is 0 Å². The van der Waals surface area contributed by atoms with Crippen molar-refractivity contribution in [3.05, 3.63) is 36.0 Å². The van der Waals surface area contributed by atoms with Crippen molar-refractivity contribution in [3.63, 3.8) is 0 Å². The highest BCUT2D eigenvalue weighted by Crippen LogP contribution is 2.24. The molecule has 2 heterocycles. The van der Waals surface area contributed by atoms with Gasteiger partial charge in [0.15, 0.2) is 0 Å². The molecular weight excluding hydrogens is 284 g/mol. The van der Waals surface area contributed by atoms with E-state index in [1.807, 2.05) is 0 Å². The maximum atomic E-state index is 12.6. The van der Waals surface area contributed by atoms with E-state index in [9.17, 15) is 4.79 Å². The molecule has 3 heteroatoms. The third kappa shape index (κ3) is 3.66. The van der Waals surface area contributed by atoms with Gasteiger partial charge in [0.1, 0.15) is 5.78 Å². The maximum Gasteiger partial charge on any atom is 0.137 e. The van der Waals surface area contributed by atoms with E-state index in [-0.39, 0.29) is 0 Å². The second-order valence-electron chi connectivity index (χ2n) is 7.30. The summed E-state index contributed by atoms with van der Waals surface area (Å²) in [4.78, 5) is 15.1. The lowest BCUT2D eigenvalue weighted by atomic mass is 9.90. The smallest absolute Gasteiger partial charge is 0.137 e. The van der Waals surface area contributed by atoms with Crippen LogP contribution in [0.3, 0.4) is 0 Å². The molecule has 0 N–H and O–H groups in total. The van der Waals surface area contributed by atoms with Crippen LogP contribution < -0.4 is 0 Å². The molecule has 23 heavy (non-hydrogen) atoms. The van der Waals surface area contributed by atoms with E-state index < -0.39 is 0 Å². The average molecular weight is 312 g/mol. The molecular formula is C20H28N2O. The number of aromatic nitrogens is 1. The summed E-state index contributed by atoms with van der Waals surface area (Å²) in [5.41, 5.74) is 2.38. The molecule has 1 atom stereocenters. The zero-order valence-electron chi connectivity index (χ0n) is 14.6. The number of piperidine rings is 1. The number of hydrogen-bond donors (Lipinski definition) is 0. The molecule has 1 saturated heterocycles. The van der Waals surface area contributed by atoms with Gasteiger partial charge >= 0.3 is 0 Å². The van der Waals surface area contributed by atoms with Crippen LogP contribution in [0.2, 0.25) is 0 Å². The van der Waals surface area contributed by atoms with Crippen molar-refractivity contribution >= 4 is 16.7 Å². The minimum Gasteiger partial charge on any atom is -0.350 e. The van der Waals surface area contributed by atoms with E-state index in [1.54, 1.807) is 0 Å². The molecule has 1 aromatic carbocycles. The number of fused-ring (bicyclic) bond motifs is 1. The molecule has 0 aliphatic carbocycles. The Morgan fingerprint density at radius 2 is 2.09 bits per heavy atom. The minimum atomic E-state index is 0.386. The topological polar surface area (TPSA) is 25.2 Å². The lowest BCUT2D eigenvalue weighted by molar-refractivity contribution is -0.119. The van der Waals surface area contributed by atoms with Crippen LogP contribution in [0.15, 0.2) is 30.5 Å². The number of para-hydroxylation sites is 1. The van der Waals surface area contributed by atoms with Gasteiger partial charge in [0.2, 0.25) is 0 Å². The molecule has 124 valence electrons. The normalized spacial score (nSPS) is 19.6. The first-order valence-electron chi connectivity index (χ1n) is 8.83. The van der Waals surface area contributed by atoms with Crippen LogP contribution in [0.25, 0.3) is 10.9 Å². The summed E-state index contributed by atoms with van der Waals surface area (Å²) in [7, 11) is 2.05. The number of Topliss-reactive ketones (excluding diaryl/α,β-unsaturated/α-hetero) is 1. The largest absolute Gasteiger partial charge is 0.350 e. The summed E-state index contributed by atoms with van der Waals surface area (Å²) < 4.78 is 2.12. The highest BCUT2D eigenvalue weighted by atomic mass is 16.1. The third-order valence-corrected chi connectivity index (χ3v) is 5.16. The quantitative estimate of drug-likeness (QED) is 0.839. The van der Waals surface area contributed by atoms with Gasteiger partial charge in [-0.05, 0) is 50.8 Å². The molecule has 0 spiro atoms. The molecule has 1 aliphatic heterocycles. The first-order valence-corrected chi connectivity index (χ1v) is 8.83. The number of aryl methyl sites for hydroxylation is 1. The maximum absolute atomic E-state index is 12.6. The van der Waals surface area contributed by atoms with Crippen molar-refractivity contribution in [1.82, 2.24) is 9.47 Å². The van der Waals surface area contributed by atoms with Gasteiger partial charge in [0.05, 0.1) is 0 Å². The second kappa shape index (κ2) is 6.88. The van der Waals surface area contributed by atoms with Crippen molar-refractivity contribution in [2.45, 2.75) is 45.6 Å². The van der Waals surface area contributed by atoms with E-state index in [1.165, 1.54) is 35.9 Å². The van der Waals surface area contributed by atoms with Gasteiger partial charge in [-0.15, -0.1) is 0 Å². The Kier molecular flexibility index (Phi) is 4.86. The predicted octanol–water partition coefficient (Wildman–Crippen LogP) is 3.80. The Labute approximate surface area is 139 Å². The molecule has 0 unspecified atom stereocenters. The number of ketones is 1. The summed E-state index contributed by atoms with van der Waals surface area (Å²) in [6.45, 7) is 6.77. The van der Waals surface area contributed by atoms with E-state index in [2.05, 4.69) is 60.8 Å². The van der Waals surface area contributed by atoms with Crippen molar-refractivity contribution in [2.75, 3.05) is 13.1 Å². The fourth-order valence-electron chi connectivity index (χ4n) is 3.91. The molecule has 1 aromatic heterocycles. The number of benzene rings is 1. The first-order chi connectivity index (χ1) is 11.0. The summed E-state index contributed by atoms with van der Waals surface area (Å²) in [6.07, 6.45) is 5.84. The van der Waals surface area contributed by atoms with Crippen molar-refractivity contribution in [2.24, 2.45) is 13.0 Å². The van der Waals surface area contributed by atoms with Gasteiger partial charge < -0.3 is 9.47 Å². The monoisotopic (exact) mass is 312 g/mol. The highest BCUT2D eigenvalue weighted by molar-refractivity contribution is 5.90. The third-order valence-electron chi connectivity index (χ3n) is 5.16. The number of nitrogens with zero attached hydrogens (tertiary/aromatic N) is 2. The molecule has 3 nitrogen and oxygen atoms in total. The number of carbonyl (C=O) groups is 1. The highest BCUT2D eigenvalue weighted by Gasteiger charge is 2.24. The average Bonchev–Trinajstić information content (AvgIpc) is 2.84. The molecule has 0 bridgehead atoms. The number of rotatable bonds is 5. The Morgan fingerprint density at radius 1 is 1.30 bits per heavy atom. The Balaban J connectivity index is 1.65. The van der Waals surface area contributed by atoms with E-state index in [0.717, 1.165) is 13.0 Å². The Bertz CT molecular complexity index is 686. The summed E-state index contributed by atoms with van der Waals surface area (Å²) in [5.74, 6) is 0.922. The van der Waals surface area contributed by atoms with Crippen LogP contribution in [0.5, 0.6) is 0 Å². The van der Waals surface area contributed by atoms with Gasteiger partial charge in [-0.2, -0.15) is 0 Å². The first kappa shape index (κ1) is 16.3. The van der Waals surface area contributed by atoms with Crippen LogP contribution in [-0.4, -0.2) is 34.4 Å². The Hall–Kier alpha value is -1.61. The Morgan fingerprint density at radius 3 is 2.87 bits per heavy atom. The van der Waals surface area contributed by atoms with Gasteiger partial charge in [-0.1, -0.05) is 18.2 Å². The van der Waals surface area contributed by atoms with Gasteiger partial charge in [-0.3, -0.25) is 4.79 Å². The van der Waals surface area contributed by atoms with Gasteiger partial charge in [0, 0.05) is 49.6 Å². The van der Waals surface area contributed by atoms with Gasteiger partial charge in [-0.25, -0.2) is 0 Å². The molecule has 3 rings (SSSR count). The van der Waals surface area contributed by atoms with Crippen molar-refractivity contribution in [1.29, 1.82) is 0 Å². The van der Waals surface area contributed by atoms with Crippen molar-refractivity contribution < 1.29 is 4.79 Å². The van der Waals surface area contributed by atoms with E-state index in [4.69, 9.17) is 0 Å². The predicted molar refractivity (Wildman–Crippen MR) is 95.7 cm³/mol.